The SMILES string of the molecule is COc1cccc(O)c1[C@H]1C2=CC[C@@H]3C(=O)N(O)C(=O)[C@@H]3[C@@H]2C[C@@]2(Cl)C(=O)N(c3ccc(F)cc3)C(=O)[C@@]12Cl. The van der Waals surface area contributed by atoms with Crippen LogP contribution in [-0.2, 0) is 19.2 Å². The van der Waals surface area contributed by atoms with E-state index in [2.05, 4.69) is 0 Å². The molecule has 4 aliphatic rings. The molecule has 12 heteroatoms. The number of hydrogen-bond donors (Lipinski definition) is 2. The van der Waals surface area contributed by atoms with Crippen LogP contribution in [0.3, 0.4) is 0 Å². The number of methoxy groups -OCH3 is 1. The number of anilines is 1. The molecule has 6 rings (SSSR count). The van der Waals surface area contributed by atoms with Crippen LogP contribution >= 0.6 is 23.2 Å². The second kappa shape index (κ2) is 8.51. The summed E-state index contributed by atoms with van der Waals surface area (Å²) in [7, 11) is 1.36. The Morgan fingerprint density at radius 3 is 2.36 bits per heavy atom. The number of phenols is 1. The van der Waals surface area contributed by atoms with Gasteiger partial charge in [-0.25, -0.2) is 9.29 Å². The van der Waals surface area contributed by atoms with Crippen LogP contribution < -0.4 is 9.64 Å². The Morgan fingerprint density at radius 2 is 1.69 bits per heavy atom. The van der Waals surface area contributed by atoms with Gasteiger partial charge < -0.3 is 9.84 Å². The number of aromatic hydroxyl groups is 1. The zero-order chi connectivity index (χ0) is 28.0. The fourth-order valence-electron chi connectivity index (χ4n) is 6.70. The Hall–Kier alpha value is -3.47. The van der Waals surface area contributed by atoms with Gasteiger partial charge in [0.15, 0.2) is 9.75 Å². The number of carbonyl (C=O) groups is 4. The standard InChI is InChI=1S/C27H21Cl2FN2O7/c1-39-18-4-2-3-17(33)20(18)21-14-9-10-15-19(23(35)32(38)22(15)34)16(14)11-26(28)24(36)31(25(37)27(21,26)29)13-7-5-12(30)6-8-13/h2-9,15-16,19,21,33,38H,10-11H2,1H3/t15-,16+,19-,21+,26+,27-/m0/s1. The molecule has 1 saturated carbocycles. The molecule has 0 unspecified atom stereocenters. The van der Waals surface area contributed by atoms with Crippen molar-refractivity contribution in [3.63, 3.8) is 0 Å². The second-order valence-corrected chi connectivity index (χ2v) is 11.4. The average Bonchev–Trinajstić information content (AvgIpc) is 3.22. The largest absolute Gasteiger partial charge is 0.508 e. The van der Waals surface area contributed by atoms with Gasteiger partial charge in [0.2, 0.25) is 0 Å². The maximum absolute atomic E-state index is 14.2. The summed E-state index contributed by atoms with van der Waals surface area (Å²) in [5, 5.41) is 21.3. The Balaban J connectivity index is 1.62. The van der Waals surface area contributed by atoms with E-state index in [-0.39, 0.29) is 40.7 Å². The fraction of sp³-hybridized carbons (Fsp3) is 0.333. The number of halogens is 3. The van der Waals surface area contributed by atoms with E-state index >= 15 is 0 Å². The zero-order valence-corrected chi connectivity index (χ0v) is 21.8. The third-order valence-electron chi connectivity index (χ3n) is 8.42. The highest BCUT2D eigenvalue weighted by Crippen LogP contribution is 2.67. The van der Waals surface area contributed by atoms with E-state index in [4.69, 9.17) is 27.9 Å². The van der Waals surface area contributed by atoms with Crippen molar-refractivity contribution >= 4 is 52.5 Å². The molecule has 0 aromatic heterocycles. The van der Waals surface area contributed by atoms with Gasteiger partial charge in [-0.05, 0) is 55.2 Å². The van der Waals surface area contributed by atoms with Crippen molar-refractivity contribution < 1.29 is 38.6 Å². The third kappa shape index (κ3) is 3.16. The lowest BCUT2D eigenvalue weighted by Crippen LogP contribution is -2.60. The van der Waals surface area contributed by atoms with E-state index in [0.717, 1.165) is 17.0 Å². The molecule has 0 radical (unpaired) electrons. The quantitative estimate of drug-likeness (QED) is 0.249. The maximum atomic E-state index is 14.2. The van der Waals surface area contributed by atoms with Gasteiger partial charge in [-0.15, -0.1) is 23.2 Å². The summed E-state index contributed by atoms with van der Waals surface area (Å²) < 4.78 is 19.2. The summed E-state index contributed by atoms with van der Waals surface area (Å²) in [6.07, 6.45) is 1.40. The first-order chi connectivity index (χ1) is 18.5. The third-order valence-corrected chi connectivity index (χ3v) is 9.84. The van der Waals surface area contributed by atoms with Gasteiger partial charge in [-0.3, -0.25) is 24.4 Å². The summed E-state index contributed by atoms with van der Waals surface area (Å²) in [4.78, 5) is 50.3. The minimum atomic E-state index is -2.22. The normalized spacial score (nSPS) is 33.6. The lowest BCUT2D eigenvalue weighted by atomic mass is 9.56. The number of carbonyl (C=O) groups excluding carboxylic acids is 4. The van der Waals surface area contributed by atoms with Gasteiger partial charge in [0, 0.05) is 11.5 Å². The highest BCUT2D eigenvalue weighted by molar-refractivity contribution is 6.58. The van der Waals surface area contributed by atoms with Gasteiger partial charge in [-0.1, -0.05) is 17.7 Å². The first kappa shape index (κ1) is 25.8. The van der Waals surface area contributed by atoms with Crippen LogP contribution in [0.25, 0.3) is 0 Å². The average molecular weight is 575 g/mol. The van der Waals surface area contributed by atoms with Crippen LogP contribution in [0.1, 0.15) is 24.3 Å². The highest BCUT2D eigenvalue weighted by Gasteiger charge is 2.77. The maximum Gasteiger partial charge on any atom is 0.258 e. The van der Waals surface area contributed by atoms with Gasteiger partial charge in [0.1, 0.15) is 17.3 Å². The molecule has 2 aromatic rings. The molecule has 2 saturated heterocycles. The number of allylic oxidation sites excluding steroid dienone is 2. The first-order valence-corrected chi connectivity index (χ1v) is 12.9. The summed E-state index contributed by atoms with van der Waals surface area (Å²) >= 11 is 14.4. The van der Waals surface area contributed by atoms with Crippen LogP contribution in [0.4, 0.5) is 10.1 Å². The lowest BCUT2D eigenvalue weighted by Gasteiger charge is -2.50. The highest BCUT2D eigenvalue weighted by atomic mass is 35.5. The molecular formula is C27H21Cl2FN2O7. The van der Waals surface area contributed by atoms with Gasteiger partial charge in [0.05, 0.1) is 24.6 Å². The molecule has 9 nitrogen and oxygen atoms in total. The predicted molar refractivity (Wildman–Crippen MR) is 135 cm³/mol. The number of hydrogen-bond acceptors (Lipinski definition) is 7. The lowest BCUT2D eigenvalue weighted by molar-refractivity contribution is -0.173. The van der Waals surface area contributed by atoms with E-state index in [0.29, 0.717) is 5.57 Å². The molecule has 4 amide bonds. The molecule has 39 heavy (non-hydrogen) atoms. The van der Waals surface area contributed by atoms with Crippen LogP contribution in [0, 0.1) is 23.6 Å². The molecule has 6 atom stereocenters. The number of hydroxylamine groups is 2. The van der Waals surface area contributed by atoms with E-state index in [1.807, 2.05) is 0 Å². The molecular weight excluding hydrogens is 554 g/mol. The van der Waals surface area contributed by atoms with E-state index in [1.54, 1.807) is 12.1 Å². The smallest absolute Gasteiger partial charge is 0.258 e. The number of benzene rings is 2. The Morgan fingerprint density at radius 1 is 1.00 bits per heavy atom. The topological polar surface area (TPSA) is 124 Å². The molecule has 2 aromatic carbocycles. The summed E-state index contributed by atoms with van der Waals surface area (Å²) in [5.74, 6) is -8.27. The van der Waals surface area contributed by atoms with Crippen LogP contribution in [-0.4, -0.2) is 55.9 Å². The Kier molecular flexibility index (Phi) is 5.63. The minimum Gasteiger partial charge on any atom is -0.508 e. The number of alkyl halides is 2. The molecule has 0 bridgehead atoms. The van der Waals surface area contributed by atoms with Crippen molar-refractivity contribution in [1.29, 1.82) is 0 Å². The number of imide groups is 2. The number of amides is 4. The van der Waals surface area contributed by atoms with E-state index < -0.39 is 62.9 Å². The number of ether oxygens (including phenoxy) is 1. The molecule has 2 aliphatic carbocycles. The molecule has 202 valence electrons. The van der Waals surface area contributed by atoms with Crippen molar-refractivity contribution in [2.24, 2.45) is 17.8 Å². The molecule has 3 fully saturated rings. The van der Waals surface area contributed by atoms with E-state index in [9.17, 15) is 33.9 Å². The summed E-state index contributed by atoms with van der Waals surface area (Å²) in [5.41, 5.74) is 0.530. The van der Waals surface area contributed by atoms with Crippen molar-refractivity contribution in [3.05, 3.63) is 65.5 Å². The van der Waals surface area contributed by atoms with Gasteiger partial charge >= 0.3 is 0 Å². The Labute approximate surface area is 231 Å². The fourth-order valence-corrected chi connectivity index (χ4v) is 7.62. The number of nitrogens with zero attached hydrogens (tertiary/aromatic N) is 2. The zero-order valence-electron chi connectivity index (χ0n) is 20.3. The molecule has 2 heterocycles. The number of fused-ring (bicyclic) bond motifs is 4. The molecule has 2 N–H and O–H groups in total. The van der Waals surface area contributed by atoms with Gasteiger partial charge in [-0.2, -0.15) is 5.06 Å². The summed E-state index contributed by atoms with van der Waals surface area (Å²) in [6.45, 7) is 0. The minimum absolute atomic E-state index is 0.0346. The van der Waals surface area contributed by atoms with Crippen molar-refractivity contribution in [2.75, 3.05) is 12.0 Å². The predicted octanol–water partition coefficient (Wildman–Crippen LogP) is 3.49. The second-order valence-electron chi connectivity index (χ2n) is 10.1. The van der Waals surface area contributed by atoms with Crippen molar-refractivity contribution in [2.45, 2.75) is 28.5 Å². The van der Waals surface area contributed by atoms with Crippen LogP contribution in [0.2, 0.25) is 0 Å². The number of phenolic OH excluding ortho intramolecular Hbond substituents is 1. The number of rotatable bonds is 3. The monoisotopic (exact) mass is 574 g/mol. The van der Waals surface area contributed by atoms with E-state index in [1.165, 1.54) is 31.4 Å². The van der Waals surface area contributed by atoms with Crippen molar-refractivity contribution in [1.82, 2.24) is 5.06 Å². The molecule has 2 aliphatic heterocycles. The first-order valence-electron chi connectivity index (χ1n) is 12.1. The van der Waals surface area contributed by atoms with Crippen LogP contribution in [0.15, 0.2) is 54.1 Å². The Bertz CT molecular complexity index is 1500. The summed E-state index contributed by atoms with van der Waals surface area (Å²) in [6, 6.07) is 9.06. The molecule has 0 spiro atoms. The van der Waals surface area contributed by atoms with Gasteiger partial charge in [0.25, 0.3) is 23.6 Å². The van der Waals surface area contributed by atoms with Crippen LogP contribution in [0.5, 0.6) is 11.5 Å². The van der Waals surface area contributed by atoms with Crippen molar-refractivity contribution in [3.8, 4) is 11.5 Å².